The summed E-state index contributed by atoms with van der Waals surface area (Å²) in [7, 11) is 0. The summed E-state index contributed by atoms with van der Waals surface area (Å²) in [5.74, 6) is 1.34. The van der Waals surface area contributed by atoms with Crippen molar-refractivity contribution in [2.24, 2.45) is 0 Å². The van der Waals surface area contributed by atoms with Crippen molar-refractivity contribution in [2.75, 3.05) is 0 Å². The molecule has 0 amide bonds. The predicted molar refractivity (Wildman–Crippen MR) is 93.9 cm³/mol. The fourth-order valence-electron chi connectivity index (χ4n) is 1.39. The van der Waals surface area contributed by atoms with Crippen molar-refractivity contribution in [1.82, 2.24) is 4.98 Å². The zero-order valence-electron chi connectivity index (χ0n) is 12.3. The van der Waals surface area contributed by atoms with Crippen LogP contribution in [0.3, 0.4) is 0 Å². The van der Waals surface area contributed by atoms with E-state index in [1.54, 1.807) is 6.20 Å². The largest absolute Gasteiger partial charge is 0.486 e. The van der Waals surface area contributed by atoms with E-state index in [9.17, 15) is 0 Å². The SMILES string of the molecule is C#C.CC.SCc1ccc(OCc2ccccn2)c(Cl)c1. The summed E-state index contributed by atoms with van der Waals surface area (Å²) in [4.78, 5) is 4.18. The number of hydrogen-bond donors (Lipinski definition) is 1. The Kier molecular flexibility index (Phi) is 11.2. The molecule has 2 nitrogen and oxygen atoms in total. The number of halogens is 1. The lowest BCUT2D eigenvalue weighted by Gasteiger charge is -2.08. The van der Waals surface area contributed by atoms with Gasteiger partial charge in [-0.1, -0.05) is 37.6 Å². The topological polar surface area (TPSA) is 22.1 Å². The Morgan fingerprint density at radius 3 is 2.43 bits per heavy atom. The van der Waals surface area contributed by atoms with Gasteiger partial charge in [-0.25, -0.2) is 0 Å². The number of thiol groups is 1. The van der Waals surface area contributed by atoms with Crippen molar-refractivity contribution < 1.29 is 4.74 Å². The lowest BCUT2D eigenvalue weighted by Crippen LogP contribution is -1.98. The molecule has 0 radical (unpaired) electrons. The third kappa shape index (κ3) is 7.08. The minimum absolute atomic E-state index is 0.417. The Bertz CT molecular complexity index is 529. The number of aromatic nitrogens is 1. The van der Waals surface area contributed by atoms with Crippen LogP contribution in [0.15, 0.2) is 42.6 Å². The van der Waals surface area contributed by atoms with E-state index in [0.717, 1.165) is 11.3 Å². The number of hydrogen-bond acceptors (Lipinski definition) is 3. The fourth-order valence-corrected chi connectivity index (χ4v) is 1.85. The Morgan fingerprint density at radius 1 is 1.19 bits per heavy atom. The van der Waals surface area contributed by atoms with Gasteiger partial charge in [0.25, 0.3) is 0 Å². The van der Waals surface area contributed by atoms with E-state index in [4.69, 9.17) is 16.3 Å². The van der Waals surface area contributed by atoms with Gasteiger partial charge in [-0.3, -0.25) is 4.98 Å². The van der Waals surface area contributed by atoms with Gasteiger partial charge in [0.05, 0.1) is 10.7 Å². The van der Waals surface area contributed by atoms with Crippen molar-refractivity contribution in [3.63, 3.8) is 0 Å². The predicted octanol–water partition coefficient (Wildman–Crippen LogP) is 5.02. The van der Waals surface area contributed by atoms with E-state index in [2.05, 4.69) is 30.5 Å². The summed E-state index contributed by atoms with van der Waals surface area (Å²) in [5.41, 5.74) is 1.95. The van der Waals surface area contributed by atoms with Crippen LogP contribution in [0, 0.1) is 12.8 Å². The fraction of sp³-hybridized carbons (Fsp3) is 0.235. The number of terminal acetylenes is 1. The minimum Gasteiger partial charge on any atom is -0.486 e. The smallest absolute Gasteiger partial charge is 0.138 e. The van der Waals surface area contributed by atoms with Crippen molar-refractivity contribution in [3.8, 4) is 18.6 Å². The molecule has 0 saturated carbocycles. The van der Waals surface area contributed by atoms with Crippen LogP contribution in [0.2, 0.25) is 5.02 Å². The van der Waals surface area contributed by atoms with Gasteiger partial charge in [0.1, 0.15) is 12.4 Å². The first kappa shape index (κ1) is 19.4. The number of nitrogens with zero attached hydrogens (tertiary/aromatic N) is 1. The van der Waals surface area contributed by atoms with Gasteiger partial charge in [0.2, 0.25) is 0 Å². The molecule has 1 heterocycles. The molecule has 0 saturated heterocycles. The van der Waals surface area contributed by atoms with Crippen LogP contribution in [-0.2, 0) is 12.4 Å². The van der Waals surface area contributed by atoms with Crippen LogP contribution in [0.4, 0.5) is 0 Å². The van der Waals surface area contributed by atoms with Gasteiger partial charge in [0.15, 0.2) is 0 Å². The molecule has 0 spiro atoms. The van der Waals surface area contributed by atoms with Crippen LogP contribution in [-0.4, -0.2) is 4.98 Å². The highest BCUT2D eigenvalue weighted by Gasteiger charge is 2.03. The zero-order valence-corrected chi connectivity index (χ0v) is 13.9. The summed E-state index contributed by atoms with van der Waals surface area (Å²) in [5, 5.41) is 0.604. The highest BCUT2D eigenvalue weighted by Crippen LogP contribution is 2.26. The molecule has 0 aliphatic heterocycles. The van der Waals surface area contributed by atoms with Crippen LogP contribution < -0.4 is 4.74 Å². The molecule has 2 rings (SSSR count). The number of rotatable bonds is 4. The molecule has 1 aromatic heterocycles. The van der Waals surface area contributed by atoms with Crippen molar-refractivity contribution in [1.29, 1.82) is 0 Å². The van der Waals surface area contributed by atoms with Gasteiger partial charge in [-0.15, -0.1) is 12.8 Å². The molecular weight excluding hydrogens is 302 g/mol. The van der Waals surface area contributed by atoms with Crippen molar-refractivity contribution in [3.05, 3.63) is 58.9 Å². The first-order valence-electron chi connectivity index (χ1n) is 6.55. The van der Waals surface area contributed by atoms with E-state index in [0.29, 0.717) is 23.1 Å². The Morgan fingerprint density at radius 2 is 1.90 bits per heavy atom. The molecular formula is C17H20ClNOS. The average molecular weight is 322 g/mol. The quantitative estimate of drug-likeness (QED) is 0.631. The molecule has 21 heavy (non-hydrogen) atoms. The third-order valence-corrected chi connectivity index (χ3v) is 2.94. The highest BCUT2D eigenvalue weighted by atomic mass is 35.5. The number of pyridine rings is 1. The van der Waals surface area contributed by atoms with Gasteiger partial charge >= 0.3 is 0 Å². The molecule has 4 heteroatoms. The average Bonchev–Trinajstić information content (AvgIpc) is 2.58. The monoisotopic (exact) mass is 321 g/mol. The molecule has 0 N–H and O–H groups in total. The second-order valence-corrected chi connectivity index (χ2v) is 4.26. The van der Waals surface area contributed by atoms with Crippen LogP contribution >= 0.6 is 24.2 Å². The summed E-state index contributed by atoms with van der Waals surface area (Å²) in [6.45, 7) is 4.42. The van der Waals surface area contributed by atoms with Crippen molar-refractivity contribution >= 4 is 24.2 Å². The van der Waals surface area contributed by atoms with Gasteiger partial charge in [-0.05, 0) is 29.8 Å². The highest BCUT2D eigenvalue weighted by molar-refractivity contribution is 7.79. The molecule has 0 aliphatic rings. The molecule has 0 atom stereocenters. The summed E-state index contributed by atoms with van der Waals surface area (Å²) in [6, 6.07) is 11.4. The first-order chi connectivity index (χ1) is 10.3. The molecule has 0 fully saturated rings. The van der Waals surface area contributed by atoms with Gasteiger partial charge in [-0.2, -0.15) is 12.6 Å². The zero-order chi connectivity index (χ0) is 16.1. The molecule has 0 aliphatic carbocycles. The first-order valence-corrected chi connectivity index (χ1v) is 7.56. The van der Waals surface area contributed by atoms with Gasteiger partial charge < -0.3 is 4.74 Å². The third-order valence-electron chi connectivity index (χ3n) is 2.28. The summed E-state index contributed by atoms with van der Waals surface area (Å²) in [6.07, 6.45) is 9.74. The maximum Gasteiger partial charge on any atom is 0.138 e. The summed E-state index contributed by atoms with van der Waals surface area (Å²) < 4.78 is 5.60. The van der Waals surface area contributed by atoms with E-state index in [1.807, 2.05) is 50.2 Å². The normalized spacial score (nSPS) is 8.67. The van der Waals surface area contributed by atoms with Crippen LogP contribution in [0.25, 0.3) is 0 Å². The molecule has 0 unspecified atom stereocenters. The lowest BCUT2D eigenvalue weighted by molar-refractivity contribution is 0.301. The van der Waals surface area contributed by atoms with E-state index >= 15 is 0 Å². The van der Waals surface area contributed by atoms with Crippen LogP contribution in [0.1, 0.15) is 25.1 Å². The second-order valence-electron chi connectivity index (χ2n) is 3.53. The Balaban J connectivity index is 0.000000921. The molecule has 0 bridgehead atoms. The van der Waals surface area contributed by atoms with E-state index in [-0.39, 0.29) is 0 Å². The number of benzene rings is 1. The lowest BCUT2D eigenvalue weighted by atomic mass is 10.2. The van der Waals surface area contributed by atoms with Gasteiger partial charge in [0, 0.05) is 11.9 Å². The summed E-state index contributed by atoms with van der Waals surface area (Å²) >= 11 is 10.3. The van der Waals surface area contributed by atoms with E-state index < -0.39 is 0 Å². The second kappa shape index (κ2) is 12.1. The molecule has 2 aromatic rings. The van der Waals surface area contributed by atoms with E-state index in [1.165, 1.54) is 0 Å². The van der Waals surface area contributed by atoms with Crippen LogP contribution in [0.5, 0.6) is 5.75 Å². The minimum atomic E-state index is 0.417. The Hall–Kier alpha value is -1.63. The van der Waals surface area contributed by atoms with Crippen molar-refractivity contribution in [2.45, 2.75) is 26.2 Å². The molecule has 112 valence electrons. The molecule has 1 aromatic carbocycles. The maximum absolute atomic E-state index is 6.10. The standard InChI is InChI=1S/C13H12ClNOS.C2H6.C2H2/c14-12-7-10(9-17)4-5-13(12)16-8-11-3-1-2-6-15-11;2*1-2/h1-7,17H,8-9H2;1-2H3;1-2H. The maximum atomic E-state index is 6.10. The Labute approximate surface area is 137 Å². The number of ether oxygens (including phenoxy) is 1.